The summed E-state index contributed by atoms with van der Waals surface area (Å²) in [6.45, 7) is 8.15. The van der Waals surface area contributed by atoms with Crippen molar-refractivity contribution < 1.29 is 4.79 Å². The third kappa shape index (κ3) is 6.46. The van der Waals surface area contributed by atoms with Crippen LogP contribution in [-0.2, 0) is 11.2 Å². The number of benzene rings is 1. The summed E-state index contributed by atoms with van der Waals surface area (Å²) in [7, 11) is 1.86. The largest absolute Gasteiger partial charge is 0.388 e. The average Bonchev–Trinajstić information content (AvgIpc) is 2.61. The number of likely N-dealkylation sites (N-methyl/N-ethyl adjacent to an activating group) is 1. The maximum absolute atomic E-state index is 12.0. The number of amides is 1. The van der Waals surface area contributed by atoms with Crippen LogP contribution in [0.1, 0.15) is 39.7 Å². The Morgan fingerprint density at radius 3 is 2.28 bits per heavy atom. The van der Waals surface area contributed by atoms with Gasteiger partial charge >= 0.3 is 0 Å². The van der Waals surface area contributed by atoms with E-state index in [0.29, 0.717) is 5.57 Å². The van der Waals surface area contributed by atoms with Crippen LogP contribution in [-0.4, -0.2) is 13.0 Å². The van der Waals surface area contributed by atoms with E-state index in [1.807, 2.05) is 57.3 Å². The van der Waals surface area contributed by atoms with E-state index in [1.54, 1.807) is 0 Å². The molecule has 1 aromatic rings. The van der Waals surface area contributed by atoms with Gasteiger partial charge in [0.15, 0.2) is 0 Å². The molecule has 0 spiro atoms. The van der Waals surface area contributed by atoms with Crippen LogP contribution in [0.4, 0.5) is 0 Å². The summed E-state index contributed by atoms with van der Waals surface area (Å²) < 4.78 is 0. The van der Waals surface area contributed by atoms with Gasteiger partial charge in [0.05, 0.1) is 0 Å². The summed E-state index contributed by atoms with van der Waals surface area (Å²) in [5.41, 5.74) is 11.7. The minimum absolute atomic E-state index is 0.416. The van der Waals surface area contributed by atoms with Gasteiger partial charge in [0, 0.05) is 18.3 Å². The topological polar surface area (TPSA) is 55.1 Å². The molecule has 25 heavy (non-hydrogen) atoms. The number of carbonyl (C=O) groups is 1. The highest BCUT2D eigenvalue weighted by atomic mass is 16.1. The van der Waals surface area contributed by atoms with Crippen LogP contribution in [0.5, 0.6) is 0 Å². The van der Waals surface area contributed by atoms with Crippen LogP contribution in [0.3, 0.4) is 0 Å². The summed E-state index contributed by atoms with van der Waals surface area (Å²) in [5, 5.41) is 3.12. The first-order valence-electron chi connectivity index (χ1n) is 8.69. The lowest BCUT2D eigenvalue weighted by Crippen LogP contribution is -2.14. The van der Waals surface area contributed by atoms with Crippen molar-refractivity contribution in [2.75, 3.05) is 7.05 Å². The molecule has 0 atom stereocenters. The summed E-state index contributed by atoms with van der Waals surface area (Å²) in [6.07, 6.45) is 7.47. The fourth-order valence-corrected chi connectivity index (χ4v) is 2.62. The fraction of sp³-hybridized carbons (Fsp3) is 0.318. The van der Waals surface area contributed by atoms with E-state index in [9.17, 15) is 4.79 Å². The van der Waals surface area contributed by atoms with Crippen LogP contribution in [0, 0.1) is 0 Å². The number of nitrogens with two attached hydrogens (primary N) is 1. The number of hydrogen-bond acceptors (Lipinski definition) is 2. The second kappa shape index (κ2) is 10.3. The molecule has 3 heteroatoms. The van der Waals surface area contributed by atoms with E-state index in [-0.39, 0.29) is 0 Å². The van der Waals surface area contributed by atoms with E-state index in [2.05, 4.69) is 31.3 Å². The predicted octanol–water partition coefficient (Wildman–Crippen LogP) is 4.44. The van der Waals surface area contributed by atoms with Gasteiger partial charge in [-0.1, -0.05) is 48.9 Å². The molecule has 3 nitrogen and oxygen atoms in total. The fourth-order valence-electron chi connectivity index (χ4n) is 2.62. The van der Waals surface area contributed by atoms with Crippen molar-refractivity contribution in [3.63, 3.8) is 0 Å². The Morgan fingerprint density at radius 2 is 1.80 bits per heavy atom. The van der Waals surface area contributed by atoms with Crippen molar-refractivity contribution >= 4 is 5.91 Å². The van der Waals surface area contributed by atoms with E-state index in [0.717, 1.165) is 29.7 Å². The molecule has 0 aliphatic rings. The van der Waals surface area contributed by atoms with Crippen LogP contribution < -0.4 is 11.1 Å². The van der Waals surface area contributed by atoms with Crippen LogP contribution in [0.15, 0.2) is 76.5 Å². The Labute approximate surface area is 152 Å². The lowest BCUT2D eigenvalue weighted by Gasteiger charge is -2.11. The lowest BCUT2D eigenvalue weighted by atomic mass is 9.96. The second-order valence-electron chi connectivity index (χ2n) is 6.07. The van der Waals surface area contributed by atoms with Crippen LogP contribution in [0.2, 0.25) is 0 Å². The monoisotopic (exact) mass is 338 g/mol. The summed E-state index contributed by atoms with van der Waals surface area (Å²) in [5.74, 6) is -0.416. The number of allylic oxidation sites excluding steroid dienone is 5. The summed E-state index contributed by atoms with van der Waals surface area (Å²) >= 11 is 0. The molecule has 0 unspecified atom stereocenters. The highest BCUT2D eigenvalue weighted by Gasteiger charge is 2.08. The van der Waals surface area contributed by atoms with Gasteiger partial charge in [-0.2, -0.15) is 0 Å². The minimum Gasteiger partial charge on any atom is -0.388 e. The Kier molecular flexibility index (Phi) is 8.48. The molecule has 0 bridgehead atoms. The normalized spacial score (nSPS) is 14.2. The minimum atomic E-state index is -0.416. The Balaban J connectivity index is 3.31. The first-order chi connectivity index (χ1) is 11.9. The molecule has 0 aliphatic carbocycles. The molecule has 3 N–H and O–H groups in total. The van der Waals surface area contributed by atoms with Crippen LogP contribution in [0.25, 0.3) is 0 Å². The molecule has 1 aromatic carbocycles. The summed E-state index contributed by atoms with van der Waals surface area (Å²) in [6, 6.07) is 10.3. The van der Waals surface area contributed by atoms with Gasteiger partial charge < -0.3 is 11.1 Å². The van der Waals surface area contributed by atoms with E-state index >= 15 is 0 Å². The zero-order chi connectivity index (χ0) is 18.8. The van der Waals surface area contributed by atoms with Crippen LogP contribution >= 0.6 is 0 Å². The molecule has 0 aliphatic heterocycles. The van der Waals surface area contributed by atoms with Crippen molar-refractivity contribution in [2.24, 2.45) is 5.73 Å². The quantitative estimate of drug-likeness (QED) is 0.544. The molecular formula is C22H30N2O. The maximum atomic E-state index is 12.0. The molecule has 0 fully saturated rings. The molecule has 1 amide bonds. The number of carbonyl (C=O) groups excluding carboxylic acids is 1. The van der Waals surface area contributed by atoms with Crippen molar-refractivity contribution in [1.29, 1.82) is 0 Å². The van der Waals surface area contributed by atoms with Gasteiger partial charge in [-0.3, -0.25) is 4.79 Å². The number of primary amides is 1. The highest BCUT2D eigenvalue weighted by Crippen LogP contribution is 2.19. The molecule has 1 rings (SSSR count). The van der Waals surface area contributed by atoms with Crippen molar-refractivity contribution in [1.82, 2.24) is 5.32 Å². The SMILES string of the molecule is C/C=C(NC)/C(C)=C/C(=C\C(Cc1ccccc1)=C(/C)CC)C(N)=O. The maximum Gasteiger partial charge on any atom is 0.248 e. The Hall–Kier alpha value is -2.55. The Bertz CT molecular complexity index is 707. The van der Waals surface area contributed by atoms with Gasteiger partial charge in [0.1, 0.15) is 0 Å². The average molecular weight is 338 g/mol. The molecular weight excluding hydrogens is 308 g/mol. The van der Waals surface area contributed by atoms with Crippen molar-refractivity contribution in [2.45, 2.75) is 40.5 Å². The van der Waals surface area contributed by atoms with E-state index in [4.69, 9.17) is 5.73 Å². The van der Waals surface area contributed by atoms with E-state index in [1.165, 1.54) is 11.1 Å². The van der Waals surface area contributed by atoms with Gasteiger partial charge in [-0.15, -0.1) is 0 Å². The number of hydrogen-bond donors (Lipinski definition) is 2. The zero-order valence-electron chi connectivity index (χ0n) is 16.0. The zero-order valence-corrected chi connectivity index (χ0v) is 16.0. The number of nitrogens with one attached hydrogen (secondary N) is 1. The van der Waals surface area contributed by atoms with Crippen molar-refractivity contribution in [3.8, 4) is 0 Å². The third-order valence-corrected chi connectivity index (χ3v) is 4.29. The van der Waals surface area contributed by atoms with Gasteiger partial charge in [0.25, 0.3) is 0 Å². The third-order valence-electron chi connectivity index (χ3n) is 4.29. The second-order valence-corrected chi connectivity index (χ2v) is 6.07. The van der Waals surface area contributed by atoms with Gasteiger partial charge in [-0.05, 0) is 62.5 Å². The molecule has 0 aromatic heterocycles. The van der Waals surface area contributed by atoms with Crippen molar-refractivity contribution in [3.05, 3.63) is 82.1 Å². The highest BCUT2D eigenvalue weighted by molar-refractivity contribution is 5.95. The lowest BCUT2D eigenvalue weighted by molar-refractivity contribution is -0.114. The summed E-state index contributed by atoms with van der Waals surface area (Å²) in [4.78, 5) is 12.0. The first-order valence-corrected chi connectivity index (χ1v) is 8.69. The van der Waals surface area contributed by atoms with E-state index < -0.39 is 5.91 Å². The molecule has 0 saturated carbocycles. The smallest absolute Gasteiger partial charge is 0.248 e. The standard InChI is InChI=1S/C22H30N2O/c1-6-16(3)19(14-18-11-9-8-10-12-18)15-20(22(23)25)13-17(4)21(7-2)24-5/h7-13,15,24H,6,14H2,1-5H3,(H2,23,25)/b17-13+,19-16+,20-15+,21-7-. The first kappa shape index (κ1) is 20.5. The molecule has 0 radical (unpaired) electrons. The molecule has 0 saturated heterocycles. The predicted molar refractivity (Wildman–Crippen MR) is 107 cm³/mol. The number of rotatable bonds is 8. The Morgan fingerprint density at radius 1 is 1.16 bits per heavy atom. The van der Waals surface area contributed by atoms with Gasteiger partial charge in [-0.25, -0.2) is 0 Å². The molecule has 0 heterocycles. The van der Waals surface area contributed by atoms with Gasteiger partial charge in [0.2, 0.25) is 5.91 Å². The molecule has 134 valence electrons.